The zero-order chi connectivity index (χ0) is 21.8. The molecule has 1 amide bonds. The Labute approximate surface area is 217 Å². The molecule has 2 aliphatic heterocycles. The summed E-state index contributed by atoms with van der Waals surface area (Å²) in [6.07, 6.45) is 11.9. The summed E-state index contributed by atoms with van der Waals surface area (Å²) < 4.78 is 2.13. The second-order valence-corrected chi connectivity index (χ2v) is 9.53. The molecule has 34 heavy (non-hydrogen) atoms. The SMILES string of the molecule is Cl.Cl.O=C(/C=C\C1=Cc2cnc3cccc(n23)S1)NC1CCN(CCCc2ccccc2)CC1. The predicted octanol–water partition coefficient (Wildman–Crippen LogP) is 5.39. The maximum atomic E-state index is 12.5. The lowest BCUT2D eigenvalue weighted by molar-refractivity contribution is -0.117. The largest absolute Gasteiger partial charge is 0.350 e. The number of imidazole rings is 1. The summed E-state index contributed by atoms with van der Waals surface area (Å²) in [5, 5.41) is 4.31. The smallest absolute Gasteiger partial charge is 0.244 e. The molecule has 2 aromatic heterocycles. The molecule has 5 nitrogen and oxygen atoms in total. The van der Waals surface area contributed by atoms with E-state index in [1.54, 1.807) is 17.8 Å². The van der Waals surface area contributed by atoms with Crippen LogP contribution in [0.5, 0.6) is 0 Å². The Balaban J connectivity index is 0.00000162. The summed E-state index contributed by atoms with van der Waals surface area (Å²) in [5.74, 6) is -0.00804. The van der Waals surface area contributed by atoms with Crippen molar-refractivity contribution in [3.63, 3.8) is 0 Å². The highest BCUT2D eigenvalue weighted by Gasteiger charge is 2.20. The number of amides is 1. The van der Waals surface area contributed by atoms with Crippen LogP contribution in [0.15, 0.2) is 76.8 Å². The second-order valence-electron chi connectivity index (χ2n) is 8.44. The molecule has 0 unspecified atom stereocenters. The van der Waals surface area contributed by atoms with Crippen molar-refractivity contribution in [1.82, 2.24) is 19.6 Å². The summed E-state index contributed by atoms with van der Waals surface area (Å²) in [4.78, 5) is 20.5. The van der Waals surface area contributed by atoms with Crippen molar-refractivity contribution < 1.29 is 4.79 Å². The molecule has 4 heterocycles. The maximum absolute atomic E-state index is 12.5. The molecule has 0 radical (unpaired) electrons. The second kappa shape index (κ2) is 12.5. The Kier molecular flexibility index (Phi) is 9.65. The minimum atomic E-state index is -0.00804. The van der Waals surface area contributed by atoms with E-state index in [0.717, 1.165) is 60.2 Å². The number of nitrogens with zero attached hydrogens (tertiary/aromatic N) is 3. The van der Waals surface area contributed by atoms with Gasteiger partial charge in [-0.3, -0.25) is 9.20 Å². The van der Waals surface area contributed by atoms with Crippen molar-refractivity contribution in [3.05, 3.63) is 83.0 Å². The number of likely N-dealkylation sites (tertiary alicyclic amines) is 1. The number of thioether (sulfide) groups is 1. The van der Waals surface area contributed by atoms with Crippen molar-refractivity contribution in [2.45, 2.75) is 36.8 Å². The van der Waals surface area contributed by atoms with Crippen LogP contribution in [0, 0.1) is 0 Å². The van der Waals surface area contributed by atoms with Crippen LogP contribution in [0.2, 0.25) is 0 Å². The van der Waals surface area contributed by atoms with Gasteiger partial charge < -0.3 is 10.2 Å². The number of halogens is 2. The lowest BCUT2D eigenvalue weighted by atomic mass is 10.0. The molecule has 1 saturated heterocycles. The van der Waals surface area contributed by atoms with E-state index in [9.17, 15) is 4.79 Å². The van der Waals surface area contributed by atoms with Gasteiger partial charge in [0.05, 0.1) is 16.9 Å². The molecule has 0 bridgehead atoms. The van der Waals surface area contributed by atoms with Crippen molar-refractivity contribution in [1.29, 1.82) is 0 Å². The standard InChI is InChI=1S/C26H28N4OS.2ClH/c31-25(12-11-23-18-22-19-27-24-9-4-10-26(32-23)30(22)24)28-21-13-16-29(17-14-21)15-5-8-20-6-2-1-3-7-20;;/h1-4,6-7,9-12,18-19,21H,5,8,13-17H2,(H,28,31);2*1H/b12-11-;;. The Bertz CT molecular complexity index is 1150. The highest BCUT2D eigenvalue weighted by Crippen LogP contribution is 2.34. The lowest BCUT2D eigenvalue weighted by Crippen LogP contribution is -2.44. The van der Waals surface area contributed by atoms with Gasteiger partial charge in [0.25, 0.3) is 0 Å². The van der Waals surface area contributed by atoms with Gasteiger partial charge in [0, 0.05) is 30.1 Å². The number of piperidine rings is 1. The molecule has 0 aliphatic carbocycles. The van der Waals surface area contributed by atoms with E-state index < -0.39 is 0 Å². The molecule has 8 heteroatoms. The van der Waals surface area contributed by atoms with Gasteiger partial charge in [-0.15, -0.1) is 24.8 Å². The third-order valence-corrected chi connectivity index (χ3v) is 7.17. The van der Waals surface area contributed by atoms with Crippen LogP contribution in [-0.2, 0) is 11.2 Å². The number of rotatable bonds is 7. The third kappa shape index (κ3) is 6.45. The fourth-order valence-corrected chi connectivity index (χ4v) is 5.44. The maximum Gasteiger partial charge on any atom is 0.244 e. The molecule has 0 spiro atoms. The summed E-state index contributed by atoms with van der Waals surface area (Å²) in [6.45, 7) is 3.24. The summed E-state index contributed by atoms with van der Waals surface area (Å²) >= 11 is 1.66. The Morgan fingerprint density at radius 2 is 1.88 bits per heavy atom. The first-order chi connectivity index (χ1) is 15.7. The normalized spacial score (nSPS) is 16.1. The molecule has 3 aromatic rings. The summed E-state index contributed by atoms with van der Waals surface area (Å²) in [5.41, 5.74) is 3.41. The van der Waals surface area contributed by atoms with Crippen LogP contribution in [0.3, 0.4) is 0 Å². The van der Waals surface area contributed by atoms with E-state index >= 15 is 0 Å². The highest BCUT2D eigenvalue weighted by atomic mass is 35.5. The van der Waals surface area contributed by atoms with Crippen molar-refractivity contribution in [3.8, 4) is 0 Å². The van der Waals surface area contributed by atoms with Crippen LogP contribution < -0.4 is 5.32 Å². The van der Waals surface area contributed by atoms with Gasteiger partial charge in [0.2, 0.25) is 5.91 Å². The number of aromatic nitrogens is 2. The fourth-order valence-electron chi connectivity index (χ4n) is 4.45. The first-order valence-corrected chi connectivity index (χ1v) is 12.2. The van der Waals surface area contributed by atoms with Crippen molar-refractivity contribution in [2.24, 2.45) is 0 Å². The molecule has 1 N–H and O–H groups in total. The number of aryl methyl sites for hydroxylation is 1. The Hall–Kier alpha value is -2.25. The fraction of sp³-hybridized carbons (Fsp3) is 0.308. The van der Waals surface area contributed by atoms with E-state index in [-0.39, 0.29) is 36.8 Å². The van der Waals surface area contributed by atoms with Gasteiger partial charge in [0.1, 0.15) is 5.65 Å². The zero-order valence-corrected chi connectivity index (χ0v) is 21.4. The number of hydrogen-bond donors (Lipinski definition) is 1. The van der Waals surface area contributed by atoms with E-state index in [4.69, 9.17) is 0 Å². The average molecular weight is 518 g/mol. The molecule has 0 saturated carbocycles. The monoisotopic (exact) mass is 516 g/mol. The molecule has 0 atom stereocenters. The number of hydrogen-bond acceptors (Lipinski definition) is 4. The third-order valence-electron chi connectivity index (χ3n) is 6.15. The number of carbonyl (C=O) groups is 1. The van der Waals surface area contributed by atoms with E-state index in [1.807, 2.05) is 24.4 Å². The van der Waals surface area contributed by atoms with E-state index in [0.29, 0.717) is 0 Å². The van der Waals surface area contributed by atoms with Gasteiger partial charge in [-0.2, -0.15) is 0 Å². The minimum Gasteiger partial charge on any atom is -0.350 e. The van der Waals surface area contributed by atoms with E-state index in [2.05, 4.69) is 62.1 Å². The van der Waals surface area contributed by atoms with Crippen LogP contribution in [0.4, 0.5) is 0 Å². The van der Waals surface area contributed by atoms with E-state index in [1.165, 1.54) is 12.0 Å². The van der Waals surface area contributed by atoms with Gasteiger partial charge in [0.15, 0.2) is 0 Å². The van der Waals surface area contributed by atoms with Gasteiger partial charge in [-0.1, -0.05) is 48.2 Å². The number of allylic oxidation sites excluding steroid dienone is 1. The van der Waals surface area contributed by atoms with Gasteiger partial charge >= 0.3 is 0 Å². The highest BCUT2D eigenvalue weighted by molar-refractivity contribution is 8.03. The van der Waals surface area contributed by atoms with Crippen molar-refractivity contribution in [2.75, 3.05) is 19.6 Å². The summed E-state index contributed by atoms with van der Waals surface area (Å²) in [6, 6.07) is 17.1. The first kappa shape index (κ1) is 26.4. The quantitative estimate of drug-likeness (QED) is 0.427. The van der Waals surface area contributed by atoms with Crippen LogP contribution >= 0.6 is 36.6 Å². The summed E-state index contributed by atoms with van der Waals surface area (Å²) in [7, 11) is 0. The van der Waals surface area contributed by atoms with Crippen molar-refractivity contribution >= 4 is 54.2 Å². The number of pyridine rings is 1. The van der Waals surface area contributed by atoms with Gasteiger partial charge in [-0.05, 0) is 62.1 Å². The zero-order valence-electron chi connectivity index (χ0n) is 18.9. The Morgan fingerprint density at radius 3 is 2.68 bits per heavy atom. The molecule has 5 rings (SSSR count). The Morgan fingerprint density at radius 1 is 1.09 bits per heavy atom. The van der Waals surface area contributed by atoms with Gasteiger partial charge in [-0.25, -0.2) is 4.98 Å². The molecule has 2 aliphatic rings. The first-order valence-electron chi connectivity index (χ1n) is 11.4. The lowest BCUT2D eigenvalue weighted by Gasteiger charge is -2.32. The van der Waals surface area contributed by atoms with Crippen LogP contribution in [0.1, 0.15) is 30.5 Å². The van der Waals surface area contributed by atoms with Crippen LogP contribution in [-0.4, -0.2) is 45.9 Å². The molecule has 1 fully saturated rings. The predicted molar refractivity (Wildman–Crippen MR) is 145 cm³/mol. The molecular formula is C26H30Cl2N4OS. The minimum absolute atomic E-state index is 0. The molecule has 1 aromatic carbocycles. The number of benzene rings is 1. The number of carbonyl (C=O) groups excluding carboxylic acids is 1. The molecular weight excluding hydrogens is 487 g/mol. The molecule has 180 valence electrons. The number of nitrogens with one attached hydrogen (secondary N) is 1. The van der Waals surface area contributed by atoms with Crippen LogP contribution in [0.25, 0.3) is 11.7 Å². The topological polar surface area (TPSA) is 49.6 Å². The average Bonchev–Trinajstić information content (AvgIpc) is 3.24.